The van der Waals surface area contributed by atoms with Gasteiger partial charge in [0.25, 0.3) is 0 Å². The van der Waals surface area contributed by atoms with Crippen molar-refractivity contribution >= 4 is 17.5 Å². The summed E-state index contributed by atoms with van der Waals surface area (Å²) < 4.78 is 5.37. The number of hydrogen-bond donors (Lipinski definition) is 1. The Morgan fingerprint density at radius 1 is 1.12 bits per heavy atom. The molecule has 0 unspecified atom stereocenters. The Balaban J connectivity index is 1.87. The molecule has 132 valence electrons. The number of hydrogen-bond acceptors (Lipinski definition) is 5. The summed E-state index contributed by atoms with van der Waals surface area (Å²) in [5.74, 6) is 0.487. The number of carbonyl (C=O) groups is 1. The maximum atomic E-state index is 10.9. The zero-order valence-electron chi connectivity index (χ0n) is 14.1. The lowest BCUT2D eigenvalue weighted by Gasteiger charge is -2.10. The van der Waals surface area contributed by atoms with Gasteiger partial charge in [0.2, 0.25) is 11.8 Å². The van der Waals surface area contributed by atoms with Crippen LogP contribution >= 0.6 is 11.6 Å². The predicted octanol–water partition coefficient (Wildman–Crippen LogP) is 2.82. The van der Waals surface area contributed by atoms with Crippen molar-refractivity contribution < 1.29 is 9.53 Å². The summed E-state index contributed by atoms with van der Waals surface area (Å²) in [6.45, 7) is 0. The molecule has 1 amide bonds. The number of nitrogens with two attached hydrogens (primary N) is 1. The van der Waals surface area contributed by atoms with E-state index in [1.165, 1.54) is 0 Å². The summed E-state index contributed by atoms with van der Waals surface area (Å²) in [6, 6.07) is 9.53. The number of aromatic nitrogens is 3. The van der Waals surface area contributed by atoms with Crippen molar-refractivity contribution in [2.24, 2.45) is 5.73 Å². The maximum absolute atomic E-state index is 10.9. The molecule has 2 N–H and O–H groups in total. The molecule has 0 aliphatic rings. The van der Waals surface area contributed by atoms with Crippen molar-refractivity contribution in [2.75, 3.05) is 7.11 Å². The first-order valence-electron chi connectivity index (χ1n) is 7.92. The zero-order chi connectivity index (χ0) is 18.5. The van der Waals surface area contributed by atoms with E-state index in [0.717, 1.165) is 22.3 Å². The third kappa shape index (κ3) is 4.34. The number of ether oxygens (including phenoxy) is 1. The molecule has 0 aliphatic carbocycles. The minimum Gasteiger partial charge on any atom is -0.481 e. The molecule has 0 atom stereocenters. The van der Waals surface area contributed by atoms with Gasteiger partial charge in [-0.15, -0.1) is 0 Å². The highest BCUT2D eigenvalue weighted by molar-refractivity contribution is 6.30. The number of carbonyl (C=O) groups excluding carboxylic acids is 1. The molecule has 1 aromatic carbocycles. The van der Waals surface area contributed by atoms with Crippen LogP contribution in [0.4, 0.5) is 0 Å². The van der Waals surface area contributed by atoms with Crippen molar-refractivity contribution in [1.82, 2.24) is 15.0 Å². The highest BCUT2D eigenvalue weighted by atomic mass is 35.5. The Morgan fingerprint density at radius 3 is 2.50 bits per heavy atom. The Bertz CT molecular complexity index is 929. The fraction of sp³-hybridized carbons (Fsp3) is 0.158. The van der Waals surface area contributed by atoms with Gasteiger partial charge in [-0.05, 0) is 34.9 Å². The van der Waals surface area contributed by atoms with Gasteiger partial charge in [-0.2, -0.15) is 0 Å². The third-order valence-electron chi connectivity index (χ3n) is 3.74. The highest BCUT2D eigenvalue weighted by Crippen LogP contribution is 2.30. The largest absolute Gasteiger partial charge is 0.481 e. The van der Waals surface area contributed by atoms with Crippen molar-refractivity contribution in [3.05, 3.63) is 70.9 Å². The monoisotopic (exact) mass is 368 g/mol. The van der Waals surface area contributed by atoms with Crippen LogP contribution in [-0.4, -0.2) is 28.0 Å². The van der Waals surface area contributed by atoms with Gasteiger partial charge in [-0.25, -0.2) is 15.0 Å². The van der Waals surface area contributed by atoms with Crippen molar-refractivity contribution in [3.63, 3.8) is 0 Å². The van der Waals surface area contributed by atoms with Crippen molar-refractivity contribution in [3.8, 4) is 17.0 Å². The second kappa shape index (κ2) is 7.93. The lowest BCUT2D eigenvalue weighted by Crippen LogP contribution is -2.15. The van der Waals surface area contributed by atoms with Gasteiger partial charge in [0, 0.05) is 35.6 Å². The Morgan fingerprint density at radius 2 is 1.85 bits per heavy atom. The van der Waals surface area contributed by atoms with E-state index in [2.05, 4.69) is 15.0 Å². The molecule has 26 heavy (non-hydrogen) atoms. The zero-order valence-corrected chi connectivity index (χ0v) is 14.9. The second-order valence-corrected chi connectivity index (χ2v) is 6.17. The topological polar surface area (TPSA) is 91.0 Å². The number of methoxy groups -OCH3 is 1. The SMILES string of the molecule is COc1ncc(Cc2cnc(CC(N)=O)nc2)cc1-c1cccc(Cl)c1. The fourth-order valence-electron chi connectivity index (χ4n) is 2.57. The first kappa shape index (κ1) is 17.8. The summed E-state index contributed by atoms with van der Waals surface area (Å²) in [6.07, 6.45) is 5.76. The van der Waals surface area contributed by atoms with E-state index in [4.69, 9.17) is 22.1 Å². The van der Waals surface area contributed by atoms with E-state index in [9.17, 15) is 4.79 Å². The number of pyridine rings is 1. The van der Waals surface area contributed by atoms with Gasteiger partial charge in [0.1, 0.15) is 5.82 Å². The van der Waals surface area contributed by atoms with Crippen molar-refractivity contribution in [1.29, 1.82) is 0 Å². The number of rotatable bonds is 6. The molecule has 3 rings (SSSR count). The van der Waals surface area contributed by atoms with Crippen LogP contribution < -0.4 is 10.5 Å². The molecular formula is C19H17ClN4O2. The smallest absolute Gasteiger partial charge is 0.225 e. The molecule has 2 heterocycles. The minimum atomic E-state index is -0.455. The highest BCUT2D eigenvalue weighted by Gasteiger charge is 2.10. The average Bonchev–Trinajstić information content (AvgIpc) is 2.63. The van der Waals surface area contributed by atoms with Crippen LogP contribution in [0.1, 0.15) is 17.0 Å². The van der Waals surface area contributed by atoms with Crippen LogP contribution in [-0.2, 0) is 17.6 Å². The van der Waals surface area contributed by atoms with E-state index in [0.29, 0.717) is 23.1 Å². The van der Waals surface area contributed by atoms with E-state index in [-0.39, 0.29) is 6.42 Å². The van der Waals surface area contributed by atoms with Gasteiger partial charge >= 0.3 is 0 Å². The van der Waals surface area contributed by atoms with Gasteiger partial charge in [0.05, 0.1) is 13.5 Å². The quantitative estimate of drug-likeness (QED) is 0.722. The number of halogens is 1. The standard InChI is InChI=1S/C19H17ClN4O2/c1-26-19-16(14-3-2-4-15(20)7-14)6-12(9-24-19)5-13-10-22-18(23-11-13)8-17(21)25/h2-4,6-7,9-11H,5,8H2,1H3,(H2,21,25). The summed E-state index contributed by atoms with van der Waals surface area (Å²) in [7, 11) is 1.58. The number of benzene rings is 1. The molecule has 3 aromatic rings. The molecule has 0 saturated heterocycles. The molecule has 2 aromatic heterocycles. The van der Waals surface area contributed by atoms with Gasteiger partial charge in [-0.1, -0.05) is 23.7 Å². The van der Waals surface area contributed by atoms with E-state index >= 15 is 0 Å². The van der Waals surface area contributed by atoms with E-state index in [1.54, 1.807) is 25.7 Å². The van der Waals surface area contributed by atoms with Gasteiger partial charge in [0.15, 0.2) is 0 Å². The summed E-state index contributed by atoms with van der Waals surface area (Å²) in [4.78, 5) is 23.6. The van der Waals surface area contributed by atoms with Crippen LogP contribution in [0.15, 0.2) is 48.9 Å². The molecule has 0 bridgehead atoms. The lowest BCUT2D eigenvalue weighted by atomic mass is 10.0. The van der Waals surface area contributed by atoms with Gasteiger partial charge in [-0.3, -0.25) is 4.79 Å². The summed E-state index contributed by atoms with van der Waals surface area (Å²) in [5.41, 5.74) is 8.82. The Hall–Kier alpha value is -2.99. The van der Waals surface area contributed by atoms with Crippen molar-refractivity contribution in [2.45, 2.75) is 12.8 Å². The Kier molecular flexibility index (Phi) is 5.43. The molecular weight excluding hydrogens is 352 g/mol. The Labute approximate surface area is 156 Å². The molecule has 0 radical (unpaired) electrons. The third-order valence-corrected chi connectivity index (χ3v) is 3.97. The molecule has 0 saturated carbocycles. The normalized spacial score (nSPS) is 10.5. The number of amides is 1. The van der Waals surface area contributed by atoms with Crippen LogP contribution in [0.3, 0.4) is 0 Å². The van der Waals surface area contributed by atoms with E-state index in [1.807, 2.05) is 30.3 Å². The first-order valence-corrected chi connectivity index (χ1v) is 8.30. The average molecular weight is 369 g/mol. The predicted molar refractivity (Wildman–Crippen MR) is 99.0 cm³/mol. The van der Waals surface area contributed by atoms with Crippen LogP contribution in [0.25, 0.3) is 11.1 Å². The van der Waals surface area contributed by atoms with E-state index < -0.39 is 5.91 Å². The maximum Gasteiger partial charge on any atom is 0.225 e. The molecule has 7 heteroatoms. The van der Waals surface area contributed by atoms with Crippen LogP contribution in [0.5, 0.6) is 5.88 Å². The van der Waals surface area contributed by atoms with Gasteiger partial charge < -0.3 is 10.5 Å². The molecule has 0 spiro atoms. The number of nitrogens with zero attached hydrogens (tertiary/aromatic N) is 3. The minimum absolute atomic E-state index is 0.0310. The summed E-state index contributed by atoms with van der Waals surface area (Å²) >= 11 is 6.10. The van der Waals surface area contributed by atoms with Crippen LogP contribution in [0.2, 0.25) is 5.02 Å². The molecule has 0 fully saturated rings. The molecule has 6 nitrogen and oxygen atoms in total. The first-order chi connectivity index (χ1) is 12.5. The lowest BCUT2D eigenvalue weighted by molar-refractivity contribution is -0.117. The second-order valence-electron chi connectivity index (χ2n) is 5.74. The molecule has 0 aliphatic heterocycles. The van der Waals surface area contributed by atoms with Crippen LogP contribution in [0, 0.1) is 0 Å². The summed E-state index contributed by atoms with van der Waals surface area (Å²) in [5, 5.41) is 0.647. The number of primary amides is 1. The fourth-order valence-corrected chi connectivity index (χ4v) is 2.76.